The van der Waals surface area contributed by atoms with E-state index in [-0.39, 0.29) is 5.82 Å². The van der Waals surface area contributed by atoms with Crippen LogP contribution in [0.15, 0.2) is 22.6 Å². The summed E-state index contributed by atoms with van der Waals surface area (Å²) in [4.78, 5) is 0. The summed E-state index contributed by atoms with van der Waals surface area (Å²) in [7, 11) is 0. The third kappa shape index (κ3) is 3.04. The van der Waals surface area contributed by atoms with Crippen molar-refractivity contribution in [1.29, 1.82) is 0 Å². The Balaban J connectivity index is 2.06. The lowest BCUT2D eigenvalue weighted by Crippen LogP contribution is -2.11. The number of aryl methyl sites for hydroxylation is 1. The molecular formula is C12H15FN4O. The molecular weight excluding hydrogens is 235 g/mol. The minimum absolute atomic E-state index is 0.267. The second kappa shape index (κ2) is 5.59. The summed E-state index contributed by atoms with van der Waals surface area (Å²) in [6, 6.07) is 4.76. The number of nitrogens with one attached hydrogen (secondary N) is 2. The monoisotopic (exact) mass is 250 g/mol. The lowest BCUT2D eigenvalue weighted by molar-refractivity contribution is 0.484. The molecule has 2 aromatic rings. The quantitative estimate of drug-likeness (QED) is 0.853. The fourth-order valence-electron chi connectivity index (χ4n) is 1.49. The Labute approximate surface area is 104 Å². The van der Waals surface area contributed by atoms with Crippen molar-refractivity contribution in [3.63, 3.8) is 0 Å². The highest BCUT2D eigenvalue weighted by molar-refractivity contribution is 5.56. The molecule has 2 rings (SSSR count). The maximum Gasteiger partial charge on any atom is 0.320 e. The molecule has 0 saturated carbocycles. The van der Waals surface area contributed by atoms with Gasteiger partial charge in [0, 0.05) is 5.69 Å². The van der Waals surface area contributed by atoms with Crippen molar-refractivity contribution in [2.24, 2.45) is 0 Å². The van der Waals surface area contributed by atoms with Gasteiger partial charge in [-0.3, -0.25) is 0 Å². The molecule has 0 saturated heterocycles. The summed E-state index contributed by atoms with van der Waals surface area (Å²) in [5.41, 5.74) is 1.52. The van der Waals surface area contributed by atoms with Crippen LogP contribution in [0.3, 0.4) is 0 Å². The number of nitrogens with zero attached hydrogens (tertiary/aromatic N) is 2. The third-order valence-corrected chi connectivity index (χ3v) is 2.42. The summed E-state index contributed by atoms with van der Waals surface area (Å²) >= 11 is 0. The molecule has 1 aromatic carbocycles. The van der Waals surface area contributed by atoms with Gasteiger partial charge in [0.2, 0.25) is 5.89 Å². The van der Waals surface area contributed by atoms with Crippen LogP contribution in [0.1, 0.15) is 18.4 Å². The van der Waals surface area contributed by atoms with Crippen LogP contribution in [0.4, 0.5) is 16.1 Å². The second-order valence-electron chi connectivity index (χ2n) is 3.87. The molecule has 2 N–H and O–H groups in total. The molecule has 0 bridgehead atoms. The van der Waals surface area contributed by atoms with Crippen LogP contribution in [0.5, 0.6) is 0 Å². The zero-order valence-corrected chi connectivity index (χ0v) is 10.3. The van der Waals surface area contributed by atoms with Crippen LogP contribution in [0.2, 0.25) is 0 Å². The molecule has 0 atom stereocenters. The largest absolute Gasteiger partial charge is 0.406 e. The number of hydrogen-bond donors (Lipinski definition) is 2. The number of rotatable bonds is 5. The maximum atomic E-state index is 12.9. The van der Waals surface area contributed by atoms with E-state index in [0.29, 0.717) is 18.5 Å². The Morgan fingerprint density at radius 2 is 2.17 bits per heavy atom. The first kappa shape index (κ1) is 12.5. The van der Waals surface area contributed by atoms with E-state index in [0.717, 1.165) is 17.8 Å². The first-order valence-electron chi connectivity index (χ1n) is 5.75. The normalized spacial score (nSPS) is 10.6. The van der Waals surface area contributed by atoms with Crippen molar-refractivity contribution in [1.82, 2.24) is 15.5 Å². The van der Waals surface area contributed by atoms with E-state index in [4.69, 9.17) is 4.42 Å². The highest BCUT2D eigenvalue weighted by atomic mass is 19.1. The van der Waals surface area contributed by atoms with E-state index in [2.05, 4.69) is 20.8 Å². The first-order chi connectivity index (χ1) is 8.69. The molecule has 18 heavy (non-hydrogen) atoms. The summed E-state index contributed by atoms with van der Waals surface area (Å²) in [5, 5.41) is 13.8. The Kier molecular flexibility index (Phi) is 3.88. The Morgan fingerprint density at radius 3 is 2.89 bits per heavy atom. The van der Waals surface area contributed by atoms with Crippen molar-refractivity contribution in [2.75, 3.05) is 11.9 Å². The van der Waals surface area contributed by atoms with Gasteiger partial charge in [-0.1, -0.05) is 12.0 Å². The minimum Gasteiger partial charge on any atom is -0.406 e. The van der Waals surface area contributed by atoms with Crippen LogP contribution in [0, 0.1) is 12.7 Å². The summed E-state index contributed by atoms with van der Waals surface area (Å²) in [5.74, 6) is 0.246. The first-order valence-corrected chi connectivity index (χ1v) is 5.75. The molecule has 0 aliphatic heterocycles. The summed E-state index contributed by atoms with van der Waals surface area (Å²) in [6.45, 7) is 5.18. The van der Waals surface area contributed by atoms with Crippen LogP contribution < -0.4 is 10.6 Å². The van der Waals surface area contributed by atoms with E-state index >= 15 is 0 Å². The van der Waals surface area contributed by atoms with E-state index in [1.165, 1.54) is 12.1 Å². The van der Waals surface area contributed by atoms with E-state index < -0.39 is 0 Å². The number of aromatic nitrogens is 2. The lowest BCUT2D eigenvalue weighted by atomic mass is 10.2. The molecule has 0 aliphatic carbocycles. The molecule has 1 heterocycles. The van der Waals surface area contributed by atoms with Crippen molar-refractivity contribution in [3.05, 3.63) is 35.5 Å². The topological polar surface area (TPSA) is 63.0 Å². The molecule has 96 valence electrons. The van der Waals surface area contributed by atoms with Crippen LogP contribution in [-0.2, 0) is 6.54 Å². The SMILES string of the molecule is CCNCc1nnc(Nc2ccc(F)cc2C)o1. The molecule has 0 amide bonds. The fraction of sp³-hybridized carbons (Fsp3) is 0.333. The van der Waals surface area contributed by atoms with Gasteiger partial charge in [-0.25, -0.2) is 4.39 Å². The molecule has 1 aromatic heterocycles. The highest BCUT2D eigenvalue weighted by Gasteiger charge is 2.07. The lowest BCUT2D eigenvalue weighted by Gasteiger charge is -2.04. The van der Waals surface area contributed by atoms with E-state index in [1.54, 1.807) is 13.0 Å². The average Bonchev–Trinajstić information content (AvgIpc) is 2.78. The summed E-state index contributed by atoms with van der Waals surface area (Å²) in [6.07, 6.45) is 0. The van der Waals surface area contributed by atoms with E-state index in [9.17, 15) is 4.39 Å². The zero-order chi connectivity index (χ0) is 13.0. The van der Waals surface area contributed by atoms with Gasteiger partial charge in [0.25, 0.3) is 0 Å². The highest BCUT2D eigenvalue weighted by Crippen LogP contribution is 2.20. The van der Waals surface area contributed by atoms with Crippen LogP contribution >= 0.6 is 0 Å². The standard InChI is InChI=1S/C12H15FN4O/c1-3-14-7-11-16-17-12(18-11)15-10-5-4-9(13)6-8(10)2/h4-6,14H,3,7H2,1-2H3,(H,15,17). The van der Waals surface area contributed by atoms with Gasteiger partial charge >= 0.3 is 6.01 Å². The van der Waals surface area contributed by atoms with Gasteiger partial charge in [0.1, 0.15) is 5.82 Å². The molecule has 0 spiro atoms. The summed E-state index contributed by atoms with van der Waals surface area (Å²) < 4.78 is 18.3. The second-order valence-corrected chi connectivity index (χ2v) is 3.87. The Bertz CT molecular complexity index is 527. The fourth-order valence-corrected chi connectivity index (χ4v) is 1.49. The van der Waals surface area contributed by atoms with Crippen LogP contribution in [-0.4, -0.2) is 16.7 Å². The van der Waals surface area contributed by atoms with Crippen molar-refractivity contribution in [2.45, 2.75) is 20.4 Å². The van der Waals surface area contributed by atoms with Crippen LogP contribution in [0.25, 0.3) is 0 Å². The number of hydrogen-bond acceptors (Lipinski definition) is 5. The molecule has 6 heteroatoms. The smallest absolute Gasteiger partial charge is 0.320 e. The average molecular weight is 250 g/mol. The Morgan fingerprint density at radius 1 is 1.33 bits per heavy atom. The third-order valence-electron chi connectivity index (χ3n) is 2.42. The zero-order valence-electron chi connectivity index (χ0n) is 10.3. The van der Waals surface area contributed by atoms with Gasteiger partial charge in [-0.15, -0.1) is 5.10 Å². The molecule has 0 aliphatic rings. The molecule has 0 radical (unpaired) electrons. The minimum atomic E-state index is -0.267. The van der Waals surface area contributed by atoms with Gasteiger partial charge < -0.3 is 15.1 Å². The van der Waals surface area contributed by atoms with Gasteiger partial charge in [0.15, 0.2) is 0 Å². The number of anilines is 2. The van der Waals surface area contributed by atoms with E-state index in [1.807, 2.05) is 6.92 Å². The molecule has 0 fully saturated rings. The number of benzene rings is 1. The molecule has 5 nitrogen and oxygen atoms in total. The van der Waals surface area contributed by atoms with Gasteiger partial charge in [0.05, 0.1) is 6.54 Å². The van der Waals surface area contributed by atoms with Gasteiger partial charge in [-0.05, 0) is 37.2 Å². The number of halogens is 1. The van der Waals surface area contributed by atoms with Crippen molar-refractivity contribution >= 4 is 11.7 Å². The van der Waals surface area contributed by atoms with Crippen molar-refractivity contribution < 1.29 is 8.81 Å². The van der Waals surface area contributed by atoms with Gasteiger partial charge in [-0.2, -0.15) is 0 Å². The maximum absolute atomic E-state index is 12.9. The Hall–Kier alpha value is -1.95. The molecule has 0 unspecified atom stereocenters. The predicted octanol–water partition coefficient (Wildman–Crippen LogP) is 2.37. The van der Waals surface area contributed by atoms with Crippen molar-refractivity contribution in [3.8, 4) is 0 Å². The predicted molar refractivity (Wildman–Crippen MR) is 66.1 cm³/mol.